The largest absolute Gasteiger partial charge is 0.479 e. The Kier molecular flexibility index (Phi) is 2.50. The summed E-state index contributed by atoms with van der Waals surface area (Å²) in [6, 6.07) is 0. The Morgan fingerprint density at radius 3 is 2.31 bits per heavy atom. The van der Waals surface area contributed by atoms with Crippen molar-refractivity contribution in [3.8, 4) is 0 Å². The van der Waals surface area contributed by atoms with Crippen molar-refractivity contribution in [2.24, 2.45) is 0 Å². The number of ether oxygens (including phenoxy) is 1. The van der Waals surface area contributed by atoms with Crippen molar-refractivity contribution in [2.45, 2.75) is 24.4 Å². The zero-order chi connectivity index (χ0) is 10.2. The number of hydrogen-bond donors (Lipinski definition) is 4. The molecule has 4 atom stereocenters. The summed E-state index contributed by atoms with van der Waals surface area (Å²) in [6.45, 7) is 0. The van der Waals surface area contributed by atoms with E-state index < -0.39 is 36.4 Å². The van der Waals surface area contributed by atoms with E-state index in [0.717, 1.165) is 0 Å². The molecule has 0 unspecified atom stereocenters. The molecule has 0 saturated carbocycles. The van der Waals surface area contributed by atoms with Gasteiger partial charge in [-0.1, -0.05) is 0 Å². The maximum absolute atomic E-state index is 10.6. The predicted molar refractivity (Wildman–Crippen MR) is 35.5 cm³/mol. The van der Waals surface area contributed by atoms with Gasteiger partial charge in [0.05, 0.1) is 0 Å². The van der Waals surface area contributed by atoms with Gasteiger partial charge in [0.25, 0.3) is 0 Å². The number of aliphatic hydroxyl groups is 3. The van der Waals surface area contributed by atoms with Crippen molar-refractivity contribution >= 4 is 11.9 Å². The number of esters is 1. The first-order valence-electron chi connectivity index (χ1n) is 3.42. The first-order chi connectivity index (χ1) is 5.95. The fourth-order valence-electron chi connectivity index (χ4n) is 0.984. The van der Waals surface area contributed by atoms with Crippen molar-refractivity contribution < 1.29 is 34.8 Å². The maximum atomic E-state index is 10.6. The zero-order valence-corrected chi connectivity index (χ0v) is 6.32. The lowest BCUT2D eigenvalue weighted by molar-refractivity contribution is -0.161. The number of rotatable bonds is 2. The third-order valence-corrected chi connectivity index (χ3v) is 1.72. The summed E-state index contributed by atoms with van der Waals surface area (Å²) < 4.78 is 4.24. The molecule has 0 aromatic heterocycles. The van der Waals surface area contributed by atoms with Crippen LogP contribution in [0.1, 0.15) is 0 Å². The molecule has 1 saturated heterocycles. The van der Waals surface area contributed by atoms with E-state index in [1.54, 1.807) is 0 Å². The van der Waals surface area contributed by atoms with Gasteiger partial charge in [0.15, 0.2) is 18.3 Å². The molecule has 0 amide bonds. The second kappa shape index (κ2) is 3.29. The number of carboxylic acid groups (broad SMARTS) is 1. The van der Waals surface area contributed by atoms with Crippen LogP contribution in [-0.4, -0.2) is 56.8 Å². The van der Waals surface area contributed by atoms with Crippen LogP contribution >= 0.6 is 0 Å². The van der Waals surface area contributed by atoms with Gasteiger partial charge in [-0.3, -0.25) is 0 Å². The van der Waals surface area contributed by atoms with Crippen LogP contribution in [0.2, 0.25) is 0 Å². The summed E-state index contributed by atoms with van der Waals surface area (Å²) in [5.74, 6) is -2.77. The van der Waals surface area contributed by atoms with E-state index in [-0.39, 0.29) is 0 Å². The van der Waals surface area contributed by atoms with E-state index >= 15 is 0 Å². The molecule has 1 aliphatic rings. The first-order valence-corrected chi connectivity index (χ1v) is 3.42. The Morgan fingerprint density at radius 1 is 1.46 bits per heavy atom. The van der Waals surface area contributed by atoms with E-state index in [4.69, 9.17) is 20.4 Å². The SMILES string of the molecule is O=C(O)[C@@H](O)[C@H]1OC(=O)[C@H](O)[C@@H]1O. The van der Waals surface area contributed by atoms with Crippen LogP contribution in [0, 0.1) is 0 Å². The number of aliphatic carboxylic acids is 1. The van der Waals surface area contributed by atoms with Crippen molar-refractivity contribution in [3.05, 3.63) is 0 Å². The Bertz CT molecular complexity index is 237. The molecule has 74 valence electrons. The molecule has 1 fully saturated rings. The van der Waals surface area contributed by atoms with Gasteiger partial charge in [-0.15, -0.1) is 0 Å². The van der Waals surface area contributed by atoms with Crippen LogP contribution in [0.15, 0.2) is 0 Å². The van der Waals surface area contributed by atoms with Gasteiger partial charge < -0.3 is 25.2 Å². The van der Waals surface area contributed by atoms with Gasteiger partial charge in [-0.25, -0.2) is 9.59 Å². The van der Waals surface area contributed by atoms with E-state index in [1.165, 1.54) is 0 Å². The quantitative estimate of drug-likeness (QED) is 0.345. The molecule has 0 spiro atoms. The minimum absolute atomic E-state index is 1.14. The Hall–Kier alpha value is -1.18. The topological polar surface area (TPSA) is 124 Å². The molecule has 0 aromatic rings. The average molecular weight is 192 g/mol. The van der Waals surface area contributed by atoms with E-state index in [0.29, 0.717) is 0 Å². The van der Waals surface area contributed by atoms with Crippen molar-refractivity contribution in [2.75, 3.05) is 0 Å². The number of carbonyl (C=O) groups is 2. The summed E-state index contributed by atoms with van der Waals surface area (Å²) in [7, 11) is 0. The molecule has 1 aliphatic heterocycles. The van der Waals surface area contributed by atoms with E-state index in [2.05, 4.69) is 4.74 Å². The van der Waals surface area contributed by atoms with Gasteiger partial charge in [0, 0.05) is 0 Å². The third-order valence-electron chi connectivity index (χ3n) is 1.72. The van der Waals surface area contributed by atoms with Crippen molar-refractivity contribution in [3.63, 3.8) is 0 Å². The van der Waals surface area contributed by atoms with E-state index in [1.807, 2.05) is 0 Å². The monoisotopic (exact) mass is 192 g/mol. The fraction of sp³-hybridized carbons (Fsp3) is 0.667. The van der Waals surface area contributed by atoms with Crippen LogP contribution in [0.4, 0.5) is 0 Å². The minimum atomic E-state index is -2.03. The predicted octanol–water partition coefficient (Wildman–Crippen LogP) is -2.92. The van der Waals surface area contributed by atoms with Gasteiger partial charge >= 0.3 is 11.9 Å². The second-order valence-corrected chi connectivity index (χ2v) is 2.62. The Balaban J connectivity index is 2.73. The summed E-state index contributed by atoms with van der Waals surface area (Å²) in [5.41, 5.74) is 0. The summed E-state index contributed by atoms with van der Waals surface area (Å²) in [6.07, 6.45) is -7.14. The highest BCUT2D eigenvalue weighted by atomic mass is 16.6. The fourth-order valence-corrected chi connectivity index (χ4v) is 0.984. The molecule has 0 radical (unpaired) electrons. The van der Waals surface area contributed by atoms with Crippen LogP contribution in [0.5, 0.6) is 0 Å². The molecule has 0 bridgehead atoms. The number of hydrogen-bond acceptors (Lipinski definition) is 6. The van der Waals surface area contributed by atoms with Crippen LogP contribution in [-0.2, 0) is 14.3 Å². The van der Waals surface area contributed by atoms with Gasteiger partial charge in [0.2, 0.25) is 0 Å². The molecular formula is C6H8O7. The van der Waals surface area contributed by atoms with Crippen LogP contribution in [0.25, 0.3) is 0 Å². The first kappa shape index (κ1) is 9.90. The number of carbonyl (C=O) groups excluding carboxylic acids is 1. The standard InChI is InChI=1S/C6H8O7/c7-1-2(8)6(12)13-4(1)3(9)5(10)11/h1-4,7-9H,(H,10,11)/t1-,2+,3-,4-/m0/s1. The summed E-state index contributed by atoms with van der Waals surface area (Å²) in [4.78, 5) is 20.8. The molecule has 4 N–H and O–H groups in total. The van der Waals surface area contributed by atoms with E-state index in [9.17, 15) is 9.59 Å². The molecule has 7 nitrogen and oxygen atoms in total. The lowest BCUT2D eigenvalue weighted by atomic mass is 10.1. The average Bonchev–Trinajstić information content (AvgIpc) is 2.31. The summed E-state index contributed by atoms with van der Waals surface area (Å²) in [5, 5.41) is 35.0. The molecule has 7 heteroatoms. The lowest BCUT2D eigenvalue weighted by Gasteiger charge is -2.15. The molecule has 1 rings (SSSR count). The van der Waals surface area contributed by atoms with Gasteiger partial charge in [0.1, 0.15) is 6.10 Å². The minimum Gasteiger partial charge on any atom is -0.479 e. The molecule has 0 aromatic carbocycles. The number of cyclic esters (lactones) is 1. The maximum Gasteiger partial charge on any atom is 0.338 e. The second-order valence-electron chi connectivity index (χ2n) is 2.62. The highest BCUT2D eigenvalue weighted by Gasteiger charge is 2.48. The van der Waals surface area contributed by atoms with Crippen LogP contribution < -0.4 is 0 Å². The van der Waals surface area contributed by atoms with Crippen molar-refractivity contribution in [1.82, 2.24) is 0 Å². The van der Waals surface area contributed by atoms with Gasteiger partial charge in [-0.05, 0) is 0 Å². The van der Waals surface area contributed by atoms with Crippen molar-refractivity contribution in [1.29, 1.82) is 0 Å². The molecule has 0 aliphatic carbocycles. The third kappa shape index (κ3) is 1.62. The van der Waals surface area contributed by atoms with Crippen LogP contribution in [0.3, 0.4) is 0 Å². The highest BCUT2D eigenvalue weighted by Crippen LogP contribution is 2.18. The van der Waals surface area contributed by atoms with Gasteiger partial charge in [-0.2, -0.15) is 0 Å². The smallest absolute Gasteiger partial charge is 0.338 e. The zero-order valence-electron chi connectivity index (χ0n) is 6.32. The Morgan fingerprint density at radius 2 is 2.00 bits per heavy atom. The lowest BCUT2D eigenvalue weighted by Crippen LogP contribution is -2.42. The normalized spacial score (nSPS) is 35.6. The number of carboxylic acids is 1. The Labute approximate surface area is 72.2 Å². The molecule has 13 heavy (non-hydrogen) atoms. The highest BCUT2D eigenvalue weighted by molar-refractivity contribution is 5.80. The number of aliphatic hydroxyl groups excluding tert-OH is 3. The molecular weight excluding hydrogens is 184 g/mol. The molecule has 1 heterocycles. The summed E-state index contributed by atoms with van der Waals surface area (Å²) >= 11 is 0.